The van der Waals surface area contributed by atoms with Crippen LogP contribution in [-0.4, -0.2) is 35.3 Å². The Morgan fingerprint density at radius 3 is 3.15 bits per heavy atom. The molecule has 20 heavy (non-hydrogen) atoms. The molecule has 0 radical (unpaired) electrons. The van der Waals surface area contributed by atoms with Gasteiger partial charge in [-0.2, -0.15) is 0 Å². The molecule has 2 N–H and O–H groups in total. The second-order valence-electron chi connectivity index (χ2n) is 5.19. The van der Waals surface area contributed by atoms with Crippen molar-refractivity contribution in [3.8, 4) is 0 Å². The average molecular weight is 278 g/mol. The van der Waals surface area contributed by atoms with Crippen LogP contribution in [0.1, 0.15) is 43.0 Å². The van der Waals surface area contributed by atoms with E-state index in [2.05, 4.69) is 10.3 Å². The van der Waals surface area contributed by atoms with E-state index >= 15 is 0 Å². The van der Waals surface area contributed by atoms with E-state index in [0.717, 1.165) is 32.2 Å². The van der Waals surface area contributed by atoms with Crippen LogP contribution < -0.4 is 5.32 Å². The van der Waals surface area contributed by atoms with Crippen molar-refractivity contribution in [2.75, 3.05) is 18.5 Å². The summed E-state index contributed by atoms with van der Waals surface area (Å²) in [6.45, 7) is 2.85. The van der Waals surface area contributed by atoms with Crippen molar-refractivity contribution in [3.63, 3.8) is 0 Å². The van der Waals surface area contributed by atoms with Gasteiger partial charge in [0.25, 0.3) is 0 Å². The van der Waals surface area contributed by atoms with E-state index in [0.29, 0.717) is 23.9 Å². The molecule has 1 aliphatic carbocycles. The number of aliphatic hydroxyl groups is 1. The zero-order valence-corrected chi connectivity index (χ0v) is 11.8. The Morgan fingerprint density at radius 1 is 1.55 bits per heavy atom. The molecule has 5 heteroatoms. The predicted molar refractivity (Wildman–Crippen MR) is 76.6 cm³/mol. The standard InChI is InChI=1S/C15H22N2O3/c1-2-20-15(19)13-7-4-8-16-14(13)17-10-11-5-3-6-12(18)9-11/h4,7-8,11-12,18H,2-3,5-6,9-10H2,1H3,(H,16,17). The molecule has 1 saturated carbocycles. The van der Waals surface area contributed by atoms with Crippen LogP contribution in [0, 0.1) is 5.92 Å². The van der Waals surface area contributed by atoms with Gasteiger partial charge in [0.05, 0.1) is 12.7 Å². The lowest BCUT2D eigenvalue weighted by molar-refractivity contribution is 0.0527. The highest BCUT2D eigenvalue weighted by Crippen LogP contribution is 2.25. The second-order valence-corrected chi connectivity index (χ2v) is 5.19. The smallest absolute Gasteiger partial charge is 0.341 e. The van der Waals surface area contributed by atoms with Crippen molar-refractivity contribution >= 4 is 11.8 Å². The van der Waals surface area contributed by atoms with Crippen molar-refractivity contribution < 1.29 is 14.6 Å². The maximum absolute atomic E-state index is 11.8. The van der Waals surface area contributed by atoms with Gasteiger partial charge < -0.3 is 15.2 Å². The third-order valence-electron chi connectivity index (χ3n) is 3.62. The van der Waals surface area contributed by atoms with E-state index in [1.807, 2.05) is 0 Å². The Kier molecular flexibility index (Phi) is 5.35. The molecule has 0 spiro atoms. The molecule has 2 unspecified atom stereocenters. The molecule has 2 atom stereocenters. The van der Waals surface area contributed by atoms with E-state index in [9.17, 15) is 9.90 Å². The summed E-state index contributed by atoms with van der Waals surface area (Å²) in [6, 6.07) is 3.44. The number of aromatic nitrogens is 1. The first-order valence-electron chi connectivity index (χ1n) is 7.24. The molecule has 1 aliphatic rings. The van der Waals surface area contributed by atoms with Gasteiger partial charge in [-0.25, -0.2) is 9.78 Å². The lowest BCUT2D eigenvalue weighted by Crippen LogP contribution is -2.25. The minimum atomic E-state index is -0.355. The fourth-order valence-corrected chi connectivity index (χ4v) is 2.61. The zero-order valence-electron chi connectivity index (χ0n) is 11.8. The van der Waals surface area contributed by atoms with Crippen LogP contribution in [0.25, 0.3) is 0 Å². The van der Waals surface area contributed by atoms with Gasteiger partial charge in [0.1, 0.15) is 11.4 Å². The molecule has 0 saturated heterocycles. The maximum atomic E-state index is 11.8. The SMILES string of the molecule is CCOC(=O)c1cccnc1NCC1CCCC(O)C1. The molecule has 1 heterocycles. The quantitative estimate of drug-likeness (QED) is 0.808. The molecule has 0 aliphatic heterocycles. The van der Waals surface area contributed by atoms with Gasteiger partial charge >= 0.3 is 5.97 Å². The fourth-order valence-electron chi connectivity index (χ4n) is 2.61. The van der Waals surface area contributed by atoms with Crippen LogP contribution >= 0.6 is 0 Å². The van der Waals surface area contributed by atoms with Crippen LogP contribution in [-0.2, 0) is 4.74 Å². The van der Waals surface area contributed by atoms with Gasteiger partial charge in [0, 0.05) is 12.7 Å². The Balaban J connectivity index is 1.96. The number of aliphatic hydroxyl groups excluding tert-OH is 1. The van der Waals surface area contributed by atoms with E-state index in [1.165, 1.54) is 0 Å². The van der Waals surface area contributed by atoms with Crippen molar-refractivity contribution in [2.24, 2.45) is 5.92 Å². The summed E-state index contributed by atoms with van der Waals surface area (Å²) in [7, 11) is 0. The number of ether oxygens (including phenoxy) is 1. The van der Waals surface area contributed by atoms with E-state index in [4.69, 9.17) is 4.74 Å². The normalized spacial score (nSPS) is 22.3. The second kappa shape index (κ2) is 7.24. The van der Waals surface area contributed by atoms with Crippen LogP contribution in [0.3, 0.4) is 0 Å². The molecule has 0 amide bonds. The van der Waals surface area contributed by atoms with E-state index < -0.39 is 0 Å². The Labute approximate surface area is 119 Å². The Hall–Kier alpha value is -1.62. The minimum absolute atomic E-state index is 0.191. The third kappa shape index (κ3) is 3.93. The van der Waals surface area contributed by atoms with Gasteiger partial charge in [-0.3, -0.25) is 0 Å². The highest BCUT2D eigenvalue weighted by Gasteiger charge is 2.21. The van der Waals surface area contributed by atoms with E-state index in [-0.39, 0.29) is 12.1 Å². The molecular weight excluding hydrogens is 256 g/mol. The number of esters is 1. The van der Waals surface area contributed by atoms with Gasteiger partial charge in [-0.05, 0) is 44.2 Å². The van der Waals surface area contributed by atoms with Gasteiger partial charge in [-0.1, -0.05) is 6.42 Å². The number of carbonyl (C=O) groups is 1. The summed E-state index contributed by atoms with van der Waals surface area (Å²) in [5, 5.41) is 12.9. The summed E-state index contributed by atoms with van der Waals surface area (Å²) in [6.07, 6.45) is 5.33. The van der Waals surface area contributed by atoms with Crippen LogP contribution in [0.5, 0.6) is 0 Å². The first-order chi connectivity index (χ1) is 9.70. The summed E-state index contributed by atoms with van der Waals surface area (Å²) in [5.41, 5.74) is 0.464. The topological polar surface area (TPSA) is 71.5 Å². The largest absolute Gasteiger partial charge is 0.462 e. The van der Waals surface area contributed by atoms with Crippen LogP contribution in [0.15, 0.2) is 18.3 Å². The number of carbonyl (C=O) groups excluding carboxylic acids is 1. The van der Waals surface area contributed by atoms with Crippen molar-refractivity contribution in [1.29, 1.82) is 0 Å². The summed E-state index contributed by atoms with van der Waals surface area (Å²) < 4.78 is 5.02. The molecule has 5 nitrogen and oxygen atoms in total. The van der Waals surface area contributed by atoms with Crippen LogP contribution in [0.2, 0.25) is 0 Å². The number of rotatable bonds is 5. The van der Waals surface area contributed by atoms with Crippen molar-refractivity contribution in [3.05, 3.63) is 23.9 Å². The van der Waals surface area contributed by atoms with Crippen molar-refractivity contribution in [2.45, 2.75) is 38.7 Å². The number of hydrogen-bond donors (Lipinski definition) is 2. The lowest BCUT2D eigenvalue weighted by atomic mass is 9.87. The third-order valence-corrected chi connectivity index (χ3v) is 3.62. The Morgan fingerprint density at radius 2 is 2.40 bits per heavy atom. The van der Waals surface area contributed by atoms with Crippen molar-refractivity contribution in [1.82, 2.24) is 4.98 Å². The number of anilines is 1. The van der Waals surface area contributed by atoms with Gasteiger partial charge in [-0.15, -0.1) is 0 Å². The highest BCUT2D eigenvalue weighted by molar-refractivity contribution is 5.94. The van der Waals surface area contributed by atoms with Gasteiger partial charge in [0.15, 0.2) is 0 Å². The molecule has 2 rings (SSSR count). The molecule has 0 aromatic carbocycles. The number of hydrogen-bond acceptors (Lipinski definition) is 5. The van der Waals surface area contributed by atoms with Gasteiger partial charge in [0.2, 0.25) is 0 Å². The minimum Gasteiger partial charge on any atom is -0.462 e. The number of pyridine rings is 1. The van der Waals surface area contributed by atoms with Crippen LogP contribution in [0.4, 0.5) is 5.82 Å². The summed E-state index contributed by atoms with van der Waals surface area (Å²) in [4.78, 5) is 16.0. The molecule has 1 aromatic rings. The molecule has 0 bridgehead atoms. The van der Waals surface area contributed by atoms with E-state index in [1.54, 1.807) is 25.3 Å². The summed E-state index contributed by atoms with van der Waals surface area (Å²) >= 11 is 0. The Bertz CT molecular complexity index is 450. The lowest BCUT2D eigenvalue weighted by Gasteiger charge is -2.26. The zero-order chi connectivity index (χ0) is 14.4. The first kappa shape index (κ1) is 14.8. The first-order valence-corrected chi connectivity index (χ1v) is 7.24. The maximum Gasteiger partial charge on any atom is 0.341 e. The molecular formula is C15H22N2O3. The summed E-state index contributed by atoms with van der Waals surface area (Å²) in [5.74, 6) is 0.633. The fraction of sp³-hybridized carbons (Fsp3) is 0.600. The highest BCUT2D eigenvalue weighted by atomic mass is 16.5. The molecule has 1 aromatic heterocycles. The molecule has 110 valence electrons. The molecule has 1 fully saturated rings. The average Bonchev–Trinajstić information content (AvgIpc) is 2.46. The number of nitrogens with zero attached hydrogens (tertiary/aromatic N) is 1. The predicted octanol–water partition coefficient (Wildman–Crippen LogP) is 2.22. The monoisotopic (exact) mass is 278 g/mol. The number of nitrogens with one attached hydrogen (secondary N) is 1.